The first-order chi connectivity index (χ1) is 11.5. The van der Waals surface area contributed by atoms with Crippen molar-refractivity contribution in [2.75, 3.05) is 32.7 Å². The fraction of sp³-hybridized carbons (Fsp3) is 0.588. The summed E-state index contributed by atoms with van der Waals surface area (Å²) in [7, 11) is -3.48. The van der Waals surface area contributed by atoms with E-state index in [2.05, 4.69) is 12.2 Å². The average Bonchev–Trinajstić information content (AvgIpc) is 2.60. The van der Waals surface area contributed by atoms with Crippen LogP contribution in [0.1, 0.15) is 32.3 Å². The van der Waals surface area contributed by atoms with Crippen LogP contribution >= 0.6 is 0 Å². The van der Waals surface area contributed by atoms with Crippen molar-refractivity contribution in [3.8, 4) is 0 Å². The number of amides is 2. The van der Waals surface area contributed by atoms with Gasteiger partial charge in [-0.05, 0) is 30.5 Å². The quantitative estimate of drug-likeness (QED) is 0.851. The molecular formula is C17H27N3O3S. The molecule has 1 aliphatic heterocycles. The number of benzene rings is 1. The third-order valence-electron chi connectivity index (χ3n) is 4.15. The van der Waals surface area contributed by atoms with Gasteiger partial charge in [0.05, 0.1) is 4.90 Å². The lowest BCUT2D eigenvalue weighted by molar-refractivity contribution is 0.172. The van der Waals surface area contributed by atoms with Crippen molar-refractivity contribution in [1.82, 2.24) is 14.5 Å². The second-order valence-corrected chi connectivity index (χ2v) is 7.95. The number of hydrogen-bond donors (Lipinski definition) is 1. The van der Waals surface area contributed by atoms with Crippen LogP contribution in [-0.2, 0) is 16.4 Å². The van der Waals surface area contributed by atoms with Gasteiger partial charge in [0.1, 0.15) is 0 Å². The molecule has 0 bridgehead atoms. The van der Waals surface area contributed by atoms with Crippen LogP contribution in [0.3, 0.4) is 0 Å². The number of aryl methyl sites for hydroxylation is 1. The molecule has 2 rings (SSSR count). The first-order valence-corrected chi connectivity index (χ1v) is 10.0. The molecule has 0 atom stereocenters. The molecule has 1 N–H and O–H groups in total. The SMILES string of the molecule is CCCNC(=O)N1CCN(S(=O)(=O)c2ccc(CCC)cc2)CC1. The Balaban J connectivity index is 1.98. The lowest BCUT2D eigenvalue weighted by Gasteiger charge is -2.34. The number of carbonyl (C=O) groups is 1. The van der Waals surface area contributed by atoms with Crippen molar-refractivity contribution in [2.24, 2.45) is 0 Å². The number of piperazine rings is 1. The average molecular weight is 353 g/mol. The van der Waals surface area contributed by atoms with Crippen LogP contribution in [0.5, 0.6) is 0 Å². The molecule has 24 heavy (non-hydrogen) atoms. The number of rotatable bonds is 6. The predicted molar refractivity (Wildman–Crippen MR) is 94.5 cm³/mol. The van der Waals surface area contributed by atoms with Gasteiger partial charge in [-0.1, -0.05) is 32.4 Å². The molecule has 1 fully saturated rings. The Morgan fingerprint density at radius 2 is 1.67 bits per heavy atom. The summed E-state index contributed by atoms with van der Waals surface area (Å²) in [6, 6.07) is 7.01. The maximum Gasteiger partial charge on any atom is 0.317 e. The zero-order valence-electron chi connectivity index (χ0n) is 14.5. The van der Waals surface area contributed by atoms with E-state index in [1.54, 1.807) is 17.0 Å². The zero-order valence-corrected chi connectivity index (χ0v) is 15.3. The van der Waals surface area contributed by atoms with Gasteiger partial charge in [0.25, 0.3) is 0 Å². The van der Waals surface area contributed by atoms with Crippen LogP contribution in [-0.4, -0.2) is 56.4 Å². The minimum atomic E-state index is -3.48. The smallest absolute Gasteiger partial charge is 0.317 e. The minimum absolute atomic E-state index is 0.113. The van der Waals surface area contributed by atoms with Crippen LogP contribution in [0.15, 0.2) is 29.2 Å². The molecule has 0 aliphatic carbocycles. The Kier molecular flexibility index (Phi) is 6.62. The largest absolute Gasteiger partial charge is 0.338 e. The third-order valence-corrected chi connectivity index (χ3v) is 6.06. The standard InChI is InChI=1S/C17H27N3O3S/c1-3-5-15-6-8-16(9-7-15)24(22,23)20-13-11-19(12-14-20)17(21)18-10-4-2/h6-9H,3-5,10-14H2,1-2H3,(H,18,21). The van der Waals surface area contributed by atoms with E-state index < -0.39 is 10.0 Å². The van der Waals surface area contributed by atoms with Gasteiger partial charge in [0.15, 0.2) is 0 Å². The van der Waals surface area contributed by atoms with Gasteiger partial charge >= 0.3 is 6.03 Å². The van der Waals surface area contributed by atoms with E-state index in [9.17, 15) is 13.2 Å². The fourth-order valence-corrected chi connectivity index (χ4v) is 4.16. The molecule has 134 valence electrons. The molecule has 1 aromatic carbocycles. The number of nitrogens with zero attached hydrogens (tertiary/aromatic N) is 2. The summed E-state index contributed by atoms with van der Waals surface area (Å²) in [6.45, 7) is 6.24. The molecule has 6 nitrogen and oxygen atoms in total. The Bertz CT molecular complexity index is 636. The Morgan fingerprint density at radius 3 is 2.21 bits per heavy atom. The van der Waals surface area contributed by atoms with Crippen molar-refractivity contribution >= 4 is 16.1 Å². The molecule has 0 spiro atoms. The van der Waals surface area contributed by atoms with E-state index in [1.165, 1.54) is 4.31 Å². The van der Waals surface area contributed by atoms with E-state index >= 15 is 0 Å². The van der Waals surface area contributed by atoms with Crippen LogP contribution in [0, 0.1) is 0 Å². The Labute approximate surface area is 144 Å². The van der Waals surface area contributed by atoms with Gasteiger partial charge < -0.3 is 10.2 Å². The summed E-state index contributed by atoms with van der Waals surface area (Å²) in [5.74, 6) is 0. The highest BCUT2D eigenvalue weighted by Gasteiger charge is 2.29. The minimum Gasteiger partial charge on any atom is -0.338 e. The molecule has 1 heterocycles. The second kappa shape index (κ2) is 8.48. The van der Waals surface area contributed by atoms with E-state index in [1.807, 2.05) is 19.1 Å². The van der Waals surface area contributed by atoms with E-state index in [0.29, 0.717) is 37.6 Å². The lowest BCUT2D eigenvalue weighted by atomic mass is 10.1. The van der Waals surface area contributed by atoms with Gasteiger partial charge in [-0.2, -0.15) is 4.31 Å². The number of carbonyl (C=O) groups excluding carboxylic acids is 1. The molecule has 0 saturated carbocycles. The van der Waals surface area contributed by atoms with E-state index in [-0.39, 0.29) is 6.03 Å². The third kappa shape index (κ3) is 4.48. The highest BCUT2D eigenvalue weighted by molar-refractivity contribution is 7.89. The Morgan fingerprint density at radius 1 is 1.04 bits per heavy atom. The highest BCUT2D eigenvalue weighted by Crippen LogP contribution is 2.18. The summed E-state index contributed by atoms with van der Waals surface area (Å²) in [5, 5.41) is 2.82. The molecule has 0 radical (unpaired) electrons. The van der Waals surface area contributed by atoms with Crippen molar-refractivity contribution in [2.45, 2.75) is 38.0 Å². The molecule has 1 aliphatic rings. The predicted octanol–water partition coefficient (Wildman–Crippen LogP) is 2.06. The topological polar surface area (TPSA) is 69.7 Å². The second-order valence-electron chi connectivity index (χ2n) is 6.02. The van der Waals surface area contributed by atoms with Gasteiger partial charge in [-0.25, -0.2) is 13.2 Å². The Hall–Kier alpha value is -1.60. The molecule has 1 aromatic rings. The molecule has 2 amide bonds. The van der Waals surface area contributed by atoms with E-state index in [0.717, 1.165) is 24.8 Å². The van der Waals surface area contributed by atoms with Gasteiger partial charge in [0, 0.05) is 32.7 Å². The fourth-order valence-electron chi connectivity index (χ4n) is 2.74. The maximum atomic E-state index is 12.7. The number of nitrogens with one attached hydrogen (secondary N) is 1. The van der Waals surface area contributed by atoms with Crippen molar-refractivity contribution in [3.05, 3.63) is 29.8 Å². The molecule has 0 unspecified atom stereocenters. The summed E-state index contributed by atoms with van der Waals surface area (Å²) in [5.41, 5.74) is 1.15. The normalized spacial score (nSPS) is 16.2. The number of urea groups is 1. The van der Waals surface area contributed by atoms with Crippen LogP contribution in [0.25, 0.3) is 0 Å². The van der Waals surface area contributed by atoms with Crippen LogP contribution in [0.2, 0.25) is 0 Å². The van der Waals surface area contributed by atoms with Gasteiger partial charge in [0.2, 0.25) is 10.0 Å². The van der Waals surface area contributed by atoms with Crippen LogP contribution < -0.4 is 5.32 Å². The highest BCUT2D eigenvalue weighted by atomic mass is 32.2. The summed E-state index contributed by atoms with van der Waals surface area (Å²) < 4.78 is 26.9. The van der Waals surface area contributed by atoms with Crippen molar-refractivity contribution in [3.63, 3.8) is 0 Å². The van der Waals surface area contributed by atoms with Crippen LogP contribution in [0.4, 0.5) is 4.79 Å². The first kappa shape index (κ1) is 18.7. The van der Waals surface area contributed by atoms with Crippen molar-refractivity contribution in [1.29, 1.82) is 0 Å². The van der Waals surface area contributed by atoms with Gasteiger partial charge in [-0.3, -0.25) is 0 Å². The molecular weight excluding hydrogens is 326 g/mol. The first-order valence-electron chi connectivity index (χ1n) is 8.61. The van der Waals surface area contributed by atoms with Gasteiger partial charge in [-0.15, -0.1) is 0 Å². The van der Waals surface area contributed by atoms with Crippen molar-refractivity contribution < 1.29 is 13.2 Å². The summed E-state index contributed by atoms with van der Waals surface area (Å²) >= 11 is 0. The molecule has 0 aromatic heterocycles. The summed E-state index contributed by atoms with van der Waals surface area (Å²) in [4.78, 5) is 13.9. The monoisotopic (exact) mass is 353 g/mol. The van der Waals surface area contributed by atoms with E-state index in [4.69, 9.17) is 0 Å². The maximum absolute atomic E-state index is 12.7. The molecule has 7 heteroatoms. The lowest BCUT2D eigenvalue weighted by Crippen LogP contribution is -2.53. The summed E-state index contributed by atoms with van der Waals surface area (Å²) in [6.07, 6.45) is 2.87. The molecule has 1 saturated heterocycles. The zero-order chi connectivity index (χ0) is 17.6. The number of sulfonamides is 1. The number of hydrogen-bond acceptors (Lipinski definition) is 3.